The second-order valence-electron chi connectivity index (χ2n) is 7.53. The van der Waals surface area contributed by atoms with Gasteiger partial charge in [-0.3, -0.25) is 9.59 Å². The van der Waals surface area contributed by atoms with Gasteiger partial charge in [-0.05, 0) is 6.42 Å². The predicted molar refractivity (Wildman–Crippen MR) is 104 cm³/mol. The van der Waals surface area contributed by atoms with E-state index in [1.165, 1.54) is 39.2 Å². The zero-order valence-corrected chi connectivity index (χ0v) is 18.5. The molecule has 0 rings (SSSR count). The topological polar surface area (TPSA) is 123 Å². The summed E-state index contributed by atoms with van der Waals surface area (Å²) in [7, 11) is 1.38. The Balaban J connectivity index is 0. The fraction of sp³-hybridized carbons (Fsp3) is 0.850. The van der Waals surface area contributed by atoms with Crippen LogP contribution in [0, 0.1) is 5.92 Å². The average molecular weight is 443 g/mol. The number of methoxy groups -OCH3 is 1. The smallest absolute Gasteiger partial charge is 0.430 e. The molecule has 0 fully saturated rings. The number of amides is 1. The van der Waals surface area contributed by atoms with Crippen LogP contribution in [0.25, 0.3) is 0 Å². The van der Waals surface area contributed by atoms with Gasteiger partial charge in [0.15, 0.2) is 6.04 Å². The number of halogens is 3. The molecule has 30 heavy (non-hydrogen) atoms. The molecule has 7 nitrogen and oxygen atoms in total. The Morgan fingerprint density at radius 3 is 1.90 bits per heavy atom. The number of hydrogen-bond acceptors (Lipinski definition) is 5. The van der Waals surface area contributed by atoms with Crippen LogP contribution in [-0.4, -0.2) is 43.2 Å². The van der Waals surface area contributed by atoms with E-state index in [4.69, 9.17) is 14.6 Å². The summed E-state index contributed by atoms with van der Waals surface area (Å²) in [6.45, 7) is 6.17. The maximum atomic E-state index is 12.1. The van der Waals surface area contributed by atoms with E-state index in [9.17, 15) is 22.8 Å². The molecule has 0 aromatic carbocycles. The number of alkyl halides is 3. The number of carboxylic acids is 1. The van der Waals surface area contributed by atoms with Crippen molar-refractivity contribution in [2.45, 2.75) is 96.8 Å². The lowest BCUT2D eigenvalue weighted by Crippen LogP contribution is -2.70. The molecule has 0 aliphatic carbocycles. The lowest BCUT2D eigenvalue weighted by molar-refractivity contribution is -0.414. The molecule has 10 heteroatoms. The lowest BCUT2D eigenvalue weighted by atomic mass is 10.0. The molecule has 0 saturated carbocycles. The number of unbranched alkanes of at least 4 members (excludes halogenated alkanes) is 6. The maximum Gasteiger partial charge on any atom is 0.430 e. The Morgan fingerprint density at radius 2 is 1.50 bits per heavy atom. The number of aliphatic carboxylic acids is 1. The number of carbonyl (C=O) groups excluding carboxylic acids is 3. The first-order valence-corrected chi connectivity index (χ1v) is 10.3. The van der Waals surface area contributed by atoms with Crippen molar-refractivity contribution < 1.29 is 43.1 Å². The number of ether oxygens (including phenoxy) is 1. The SMILES string of the molecule is CCCCCCCCC[C@@H](CC(=O)OC)NC(=O)[C@@H]([NH3+])C(C)C.O=C([O-])C(F)(F)F. The van der Waals surface area contributed by atoms with Crippen LogP contribution in [0.2, 0.25) is 0 Å². The highest BCUT2D eigenvalue weighted by molar-refractivity contribution is 5.81. The van der Waals surface area contributed by atoms with Crippen molar-refractivity contribution in [3.63, 3.8) is 0 Å². The maximum absolute atomic E-state index is 12.1. The molecular weight excluding hydrogens is 405 g/mol. The molecule has 0 aromatic heterocycles. The normalized spacial score (nSPS) is 13.1. The molecule has 0 unspecified atom stereocenters. The van der Waals surface area contributed by atoms with Crippen LogP contribution >= 0.6 is 0 Å². The summed E-state index contributed by atoms with van der Waals surface area (Å²) in [6.07, 6.45) is 4.40. The number of nitrogens with one attached hydrogen (secondary N) is 1. The molecule has 0 radical (unpaired) electrons. The Morgan fingerprint density at radius 1 is 1.03 bits per heavy atom. The molecule has 2 atom stereocenters. The highest BCUT2D eigenvalue weighted by atomic mass is 19.4. The van der Waals surface area contributed by atoms with Gasteiger partial charge in [-0.25, -0.2) is 0 Å². The van der Waals surface area contributed by atoms with Gasteiger partial charge in [0, 0.05) is 12.0 Å². The third-order valence-electron chi connectivity index (χ3n) is 4.52. The minimum Gasteiger partial charge on any atom is -0.542 e. The van der Waals surface area contributed by atoms with Crippen LogP contribution in [0.15, 0.2) is 0 Å². The molecule has 178 valence electrons. The van der Waals surface area contributed by atoms with Crippen molar-refractivity contribution >= 4 is 17.8 Å². The zero-order chi connectivity index (χ0) is 23.7. The largest absolute Gasteiger partial charge is 0.542 e. The van der Waals surface area contributed by atoms with Crippen LogP contribution < -0.4 is 16.2 Å². The van der Waals surface area contributed by atoms with Crippen molar-refractivity contribution in [2.24, 2.45) is 5.92 Å². The van der Waals surface area contributed by atoms with Gasteiger partial charge >= 0.3 is 12.1 Å². The minimum atomic E-state index is -5.19. The summed E-state index contributed by atoms with van der Waals surface area (Å²) >= 11 is 0. The van der Waals surface area contributed by atoms with E-state index >= 15 is 0 Å². The van der Waals surface area contributed by atoms with Crippen LogP contribution in [-0.2, 0) is 19.1 Å². The van der Waals surface area contributed by atoms with Gasteiger partial charge in [0.1, 0.15) is 5.97 Å². The van der Waals surface area contributed by atoms with E-state index in [0.29, 0.717) is 0 Å². The van der Waals surface area contributed by atoms with Gasteiger partial charge in [0.2, 0.25) is 0 Å². The summed E-state index contributed by atoms with van der Waals surface area (Å²) in [6, 6.07) is -0.433. The summed E-state index contributed by atoms with van der Waals surface area (Å²) in [5.74, 6) is -3.17. The van der Waals surface area contributed by atoms with Crippen LogP contribution in [0.5, 0.6) is 0 Å². The Hall–Kier alpha value is -1.84. The molecule has 0 aromatic rings. The van der Waals surface area contributed by atoms with Crippen LogP contribution in [0.4, 0.5) is 13.2 Å². The summed E-state index contributed by atoms with van der Waals surface area (Å²) in [5, 5.41) is 11.8. The van der Waals surface area contributed by atoms with Crippen molar-refractivity contribution in [3.8, 4) is 0 Å². The second-order valence-corrected chi connectivity index (χ2v) is 7.53. The Kier molecular flexibility index (Phi) is 17.1. The molecule has 0 heterocycles. The van der Waals surface area contributed by atoms with Crippen molar-refractivity contribution in [1.29, 1.82) is 0 Å². The second kappa shape index (κ2) is 16.9. The third-order valence-corrected chi connectivity index (χ3v) is 4.52. The van der Waals surface area contributed by atoms with Crippen LogP contribution in [0.3, 0.4) is 0 Å². The molecule has 0 aliphatic rings. The van der Waals surface area contributed by atoms with Crippen molar-refractivity contribution in [3.05, 3.63) is 0 Å². The van der Waals surface area contributed by atoms with Crippen molar-refractivity contribution in [2.75, 3.05) is 7.11 Å². The number of hydrogen-bond donors (Lipinski definition) is 2. The Bertz CT molecular complexity index is 499. The molecule has 4 N–H and O–H groups in total. The van der Waals surface area contributed by atoms with Gasteiger partial charge < -0.3 is 25.7 Å². The standard InChI is InChI=1S/C18H36N2O3.C2HF3O2/c1-5-6-7-8-9-10-11-12-15(13-16(21)23-4)20-18(22)17(19)14(2)3;3-2(4,5)1(6)7/h14-15,17H,5-13,19H2,1-4H3,(H,20,22);(H,6,7)/t15-,17-;/m0./s1. The quantitative estimate of drug-likeness (QED) is 0.332. The third kappa shape index (κ3) is 17.1. The first kappa shape index (κ1) is 30.4. The van der Waals surface area contributed by atoms with E-state index in [-0.39, 0.29) is 36.3 Å². The van der Waals surface area contributed by atoms with E-state index in [1.54, 1.807) is 0 Å². The molecule has 0 aliphatic heterocycles. The fourth-order valence-electron chi connectivity index (χ4n) is 2.47. The molecule has 1 amide bonds. The van der Waals surface area contributed by atoms with Gasteiger partial charge in [-0.15, -0.1) is 0 Å². The van der Waals surface area contributed by atoms with Gasteiger partial charge in [0.05, 0.1) is 13.5 Å². The molecule has 0 spiro atoms. The first-order chi connectivity index (χ1) is 13.9. The van der Waals surface area contributed by atoms with E-state index < -0.39 is 12.1 Å². The summed E-state index contributed by atoms with van der Waals surface area (Å²) < 4.78 is 36.3. The highest BCUT2D eigenvalue weighted by Crippen LogP contribution is 2.12. The lowest BCUT2D eigenvalue weighted by Gasteiger charge is -2.20. The number of esters is 1. The number of quaternary nitrogens is 1. The van der Waals surface area contributed by atoms with E-state index in [0.717, 1.165) is 19.3 Å². The van der Waals surface area contributed by atoms with E-state index in [2.05, 4.69) is 18.0 Å². The number of carboxylic acid groups (broad SMARTS) is 1. The number of rotatable bonds is 13. The average Bonchev–Trinajstić information content (AvgIpc) is 2.65. The molecular formula is C20H37F3N2O5. The summed E-state index contributed by atoms with van der Waals surface area (Å²) in [5.41, 5.74) is 3.90. The van der Waals surface area contributed by atoms with E-state index in [1.807, 2.05) is 13.8 Å². The highest BCUT2D eigenvalue weighted by Gasteiger charge is 2.29. The van der Waals surface area contributed by atoms with Gasteiger partial charge in [0.25, 0.3) is 5.91 Å². The monoisotopic (exact) mass is 442 g/mol. The first-order valence-electron chi connectivity index (χ1n) is 10.3. The fourth-order valence-corrected chi connectivity index (χ4v) is 2.47. The van der Waals surface area contributed by atoms with Gasteiger partial charge in [-0.1, -0.05) is 65.7 Å². The molecule has 0 saturated heterocycles. The van der Waals surface area contributed by atoms with Crippen LogP contribution in [0.1, 0.15) is 78.6 Å². The predicted octanol–water partition coefficient (Wildman–Crippen LogP) is 1.74. The van der Waals surface area contributed by atoms with Gasteiger partial charge in [-0.2, -0.15) is 13.2 Å². The molecule has 0 bridgehead atoms. The summed E-state index contributed by atoms with van der Waals surface area (Å²) in [4.78, 5) is 32.5. The minimum absolute atomic E-state index is 0.0724. The zero-order valence-electron chi connectivity index (χ0n) is 18.5. The van der Waals surface area contributed by atoms with Crippen molar-refractivity contribution in [1.82, 2.24) is 5.32 Å². The number of carbonyl (C=O) groups is 3. The Labute approximate surface area is 176 Å².